The van der Waals surface area contributed by atoms with E-state index in [-0.39, 0.29) is 0 Å². The van der Waals surface area contributed by atoms with Crippen molar-refractivity contribution < 1.29 is 4.74 Å². The van der Waals surface area contributed by atoms with E-state index in [0.29, 0.717) is 12.1 Å². The molecule has 1 fully saturated rings. The molecule has 2 atom stereocenters. The van der Waals surface area contributed by atoms with Crippen molar-refractivity contribution in [1.82, 2.24) is 19.6 Å². The third kappa shape index (κ3) is 1.54. The average Bonchev–Trinajstić information content (AvgIpc) is 2.54. The van der Waals surface area contributed by atoms with Gasteiger partial charge in [0.1, 0.15) is 24.0 Å². The molecule has 5 aliphatic rings. The minimum Gasteiger partial charge on any atom is -0.492 e. The highest BCUT2D eigenvalue weighted by molar-refractivity contribution is 5.37. The van der Waals surface area contributed by atoms with Crippen molar-refractivity contribution in [3.05, 3.63) is 23.0 Å². The van der Waals surface area contributed by atoms with Crippen molar-refractivity contribution in [2.75, 3.05) is 46.9 Å². The summed E-state index contributed by atoms with van der Waals surface area (Å²) in [5, 5.41) is 0. The lowest BCUT2D eigenvalue weighted by atomic mass is 9.82. The van der Waals surface area contributed by atoms with Crippen LogP contribution in [0, 0.1) is 0 Å². The summed E-state index contributed by atoms with van der Waals surface area (Å²) in [5.41, 5.74) is 1.69. The van der Waals surface area contributed by atoms with Crippen LogP contribution in [0.3, 0.4) is 0 Å². The number of ether oxygens (including phenoxy) is 1. The summed E-state index contributed by atoms with van der Waals surface area (Å²) in [6.07, 6.45) is 4.88. The van der Waals surface area contributed by atoms with Crippen molar-refractivity contribution >= 4 is 0 Å². The Morgan fingerprint density at radius 2 is 1.55 bits per heavy atom. The standard InChI is InChI=1S/C17H26N4O/c1-18-8-5-12-15-13(6-9-19(2)17(15)18)21-10-11-22-14-4-3-7-20(12)16(14)21/h12-13H,3-11H2,1-2H3. The van der Waals surface area contributed by atoms with Crippen LogP contribution in [0.4, 0.5) is 0 Å². The van der Waals surface area contributed by atoms with Gasteiger partial charge in [-0.25, -0.2) is 0 Å². The molecule has 120 valence electrons. The van der Waals surface area contributed by atoms with E-state index in [1.165, 1.54) is 56.3 Å². The van der Waals surface area contributed by atoms with Gasteiger partial charge in [0.15, 0.2) is 0 Å². The Hall–Kier alpha value is -1.52. The maximum atomic E-state index is 6.04. The summed E-state index contributed by atoms with van der Waals surface area (Å²) in [4.78, 5) is 10.3. The first kappa shape index (κ1) is 13.0. The Labute approximate surface area is 132 Å². The summed E-state index contributed by atoms with van der Waals surface area (Å²) >= 11 is 0. The number of hydrogen-bond acceptors (Lipinski definition) is 5. The van der Waals surface area contributed by atoms with E-state index >= 15 is 0 Å². The summed E-state index contributed by atoms with van der Waals surface area (Å²) in [6.45, 7) is 5.44. The third-order valence-corrected chi connectivity index (χ3v) is 6.13. The molecule has 1 saturated heterocycles. The van der Waals surface area contributed by atoms with E-state index in [9.17, 15) is 0 Å². The van der Waals surface area contributed by atoms with Crippen molar-refractivity contribution in [2.45, 2.75) is 37.8 Å². The van der Waals surface area contributed by atoms with E-state index in [0.717, 1.165) is 19.6 Å². The molecule has 0 aromatic carbocycles. The summed E-state index contributed by atoms with van der Waals surface area (Å²) < 4.78 is 6.04. The van der Waals surface area contributed by atoms with Gasteiger partial charge in [0, 0.05) is 45.7 Å². The molecule has 0 radical (unpaired) electrons. The Balaban J connectivity index is 1.70. The molecule has 22 heavy (non-hydrogen) atoms. The quantitative estimate of drug-likeness (QED) is 0.669. The summed E-state index contributed by atoms with van der Waals surface area (Å²) in [7, 11) is 4.54. The molecule has 0 saturated carbocycles. The largest absolute Gasteiger partial charge is 0.492 e. The molecule has 5 heteroatoms. The first-order valence-electron chi connectivity index (χ1n) is 8.81. The lowest BCUT2D eigenvalue weighted by Gasteiger charge is -2.59. The molecule has 5 aliphatic heterocycles. The van der Waals surface area contributed by atoms with E-state index in [4.69, 9.17) is 4.74 Å². The van der Waals surface area contributed by atoms with Crippen LogP contribution in [0.5, 0.6) is 0 Å². The van der Waals surface area contributed by atoms with Gasteiger partial charge in [-0.15, -0.1) is 0 Å². The maximum absolute atomic E-state index is 6.04. The number of fused-ring (bicyclic) bond motifs is 2. The topological polar surface area (TPSA) is 22.2 Å². The van der Waals surface area contributed by atoms with Crippen LogP contribution in [0.15, 0.2) is 23.0 Å². The van der Waals surface area contributed by atoms with Crippen LogP contribution >= 0.6 is 0 Å². The van der Waals surface area contributed by atoms with E-state index < -0.39 is 0 Å². The minimum atomic E-state index is 0.599. The van der Waals surface area contributed by atoms with Crippen LogP contribution in [0.25, 0.3) is 0 Å². The maximum Gasteiger partial charge on any atom is 0.144 e. The molecule has 2 unspecified atom stereocenters. The minimum absolute atomic E-state index is 0.599. The summed E-state index contributed by atoms with van der Waals surface area (Å²) in [5.74, 6) is 4.23. The van der Waals surface area contributed by atoms with E-state index in [1.807, 2.05) is 0 Å². The van der Waals surface area contributed by atoms with Crippen molar-refractivity contribution in [2.24, 2.45) is 0 Å². The van der Waals surface area contributed by atoms with Crippen LogP contribution in [-0.4, -0.2) is 78.6 Å². The SMILES string of the molecule is CN1CCC2C3=C1N(C)CCC3N1CCOC3=C1N2CCC3. The van der Waals surface area contributed by atoms with Gasteiger partial charge in [0.05, 0.1) is 18.6 Å². The number of rotatable bonds is 0. The monoisotopic (exact) mass is 302 g/mol. The smallest absolute Gasteiger partial charge is 0.144 e. The van der Waals surface area contributed by atoms with Gasteiger partial charge in [0.25, 0.3) is 0 Å². The van der Waals surface area contributed by atoms with Crippen LogP contribution in [-0.2, 0) is 4.74 Å². The van der Waals surface area contributed by atoms with Crippen LogP contribution in [0.1, 0.15) is 25.7 Å². The van der Waals surface area contributed by atoms with Crippen molar-refractivity contribution in [3.8, 4) is 0 Å². The second-order valence-corrected chi connectivity index (χ2v) is 7.32. The second-order valence-electron chi connectivity index (χ2n) is 7.32. The van der Waals surface area contributed by atoms with Gasteiger partial charge in [-0.05, 0) is 19.3 Å². The lowest BCUT2D eigenvalue weighted by molar-refractivity contribution is -0.00907. The molecular formula is C17H26N4O. The van der Waals surface area contributed by atoms with Gasteiger partial charge >= 0.3 is 0 Å². The number of nitrogens with zero attached hydrogens (tertiary/aromatic N) is 4. The first-order chi connectivity index (χ1) is 10.8. The zero-order valence-electron chi connectivity index (χ0n) is 13.7. The fourth-order valence-corrected chi connectivity index (χ4v) is 5.28. The molecule has 5 rings (SSSR count). The highest BCUT2D eigenvalue weighted by Gasteiger charge is 2.49. The van der Waals surface area contributed by atoms with Crippen LogP contribution < -0.4 is 0 Å². The van der Waals surface area contributed by atoms with Gasteiger partial charge in [-0.1, -0.05) is 0 Å². The molecule has 0 aliphatic carbocycles. The zero-order valence-corrected chi connectivity index (χ0v) is 13.7. The Morgan fingerprint density at radius 1 is 0.864 bits per heavy atom. The molecule has 5 heterocycles. The van der Waals surface area contributed by atoms with Gasteiger partial charge < -0.3 is 24.3 Å². The molecule has 0 bridgehead atoms. The van der Waals surface area contributed by atoms with E-state index in [1.54, 1.807) is 5.57 Å². The van der Waals surface area contributed by atoms with Gasteiger partial charge in [-0.3, -0.25) is 0 Å². The lowest BCUT2D eigenvalue weighted by Crippen LogP contribution is -2.64. The molecular weight excluding hydrogens is 276 g/mol. The zero-order chi connectivity index (χ0) is 14.8. The fraction of sp³-hybridized carbons (Fsp3) is 0.765. The first-order valence-corrected chi connectivity index (χ1v) is 8.81. The van der Waals surface area contributed by atoms with Gasteiger partial charge in [0.2, 0.25) is 0 Å². The Kier molecular flexibility index (Phi) is 2.65. The summed E-state index contributed by atoms with van der Waals surface area (Å²) in [6, 6.07) is 1.20. The van der Waals surface area contributed by atoms with Crippen molar-refractivity contribution in [3.63, 3.8) is 0 Å². The average molecular weight is 302 g/mol. The molecule has 0 N–H and O–H groups in total. The second kappa shape index (κ2) is 4.49. The van der Waals surface area contributed by atoms with Crippen molar-refractivity contribution in [1.29, 1.82) is 0 Å². The fourth-order valence-electron chi connectivity index (χ4n) is 5.28. The highest BCUT2D eigenvalue weighted by atomic mass is 16.5. The van der Waals surface area contributed by atoms with Gasteiger partial charge in [-0.2, -0.15) is 0 Å². The highest BCUT2D eigenvalue weighted by Crippen LogP contribution is 2.46. The molecule has 0 spiro atoms. The van der Waals surface area contributed by atoms with E-state index in [2.05, 4.69) is 33.7 Å². The van der Waals surface area contributed by atoms with Crippen LogP contribution in [0.2, 0.25) is 0 Å². The molecule has 5 nitrogen and oxygen atoms in total. The molecule has 0 amide bonds. The Morgan fingerprint density at radius 3 is 2.27 bits per heavy atom. The number of hydrogen-bond donors (Lipinski definition) is 0. The normalized spacial score (nSPS) is 33.7. The third-order valence-electron chi connectivity index (χ3n) is 6.13. The predicted molar refractivity (Wildman–Crippen MR) is 84.7 cm³/mol. The molecule has 0 aromatic rings. The Bertz CT molecular complexity index is 525. The molecule has 0 aromatic heterocycles. The predicted octanol–water partition coefficient (Wildman–Crippen LogP) is 1.22. The number of allylic oxidation sites excluding steroid dienone is 1.